The van der Waals surface area contributed by atoms with Crippen LogP contribution in [0.1, 0.15) is 12.0 Å². The van der Waals surface area contributed by atoms with Crippen LogP contribution in [0.4, 0.5) is 5.69 Å². The van der Waals surface area contributed by atoms with Crippen molar-refractivity contribution >= 4 is 23.2 Å². The molecule has 28 heavy (non-hydrogen) atoms. The third kappa shape index (κ3) is 4.57. The molecule has 2 aromatic carbocycles. The lowest BCUT2D eigenvalue weighted by atomic mass is 10.1. The van der Waals surface area contributed by atoms with E-state index in [1.165, 1.54) is 5.56 Å². The monoisotopic (exact) mass is 395 g/mol. The minimum atomic E-state index is 0.213. The predicted octanol–water partition coefficient (Wildman–Crippen LogP) is 3.82. The topological polar surface area (TPSA) is 26.8 Å². The van der Waals surface area contributed by atoms with Gasteiger partial charge in [-0.25, -0.2) is 0 Å². The fourth-order valence-electron chi connectivity index (χ4n) is 3.93. The van der Waals surface area contributed by atoms with Crippen molar-refractivity contribution in [1.29, 1.82) is 0 Å². The van der Waals surface area contributed by atoms with Gasteiger partial charge in [0.25, 0.3) is 0 Å². The number of piperazine rings is 1. The summed E-state index contributed by atoms with van der Waals surface area (Å²) in [5.74, 6) is 0.213. The van der Waals surface area contributed by atoms with E-state index in [1.807, 2.05) is 29.2 Å². The molecule has 2 aromatic rings. The molecule has 4 rings (SSSR count). The van der Waals surface area contributed by atoms with E-state index in [2.05, 4.69) is 46.2 Å². The molecule has 2 aliphatic rings. The average molecular weight is 396 g/mol. The zero-order valence-corrected chi connectivity index (χ0v) is 16.8. The minimum absolute atomic E-state index is 0.213. The molecule has 0 aliphatic carbocycles. The summed E-state index contributed by atoms with van der Waals surface area (Å²) in [7, 11) is 0. The SMILES string of the molecule is O=C(C1=CCN(Cc2ccccc2)CC1)N1CCN(c2cccc(Cl)c2)CC1. The molecule has 0 unspecified atom stereocenters. The summed E-state index contributed by atoms with van der Waals surface area (Å²) in [5, 5.41) is 0.753. The quantitative estimate of drug-likeness (QED) is 0.787. The number of hydrogen-bond acceptors (Lipinski definition) is 3. The Balaban J connectivity index is 1.29. The Morgan fingerprint density at radius 2 is 1.71 bits per heavy atom. The Morgan fingerprint density at radius 3 is 2.39 bits per heavy atom. The van der Waals surface area contributed by atoms with Crippen molar-refractivity contribution in [1.82, 2.24) is 9.80 Å². The highest BCUT2D eigenvalue weighted by Gasteiger charge is 2.25. The van der Waals surface area contributed by atoms with Crippen LogP contribution in [0.2, 0.25) is 5.02 Å². The highest BCUT2D eigenvalue weighted by molar-refractivity contribution is 6.30. The second-order valence-electron chi connectivity index (χ2n) is 7.46. The molecule has 0 N–H and O–H groups in total. The summed E-state index contributed by atoms with van der Waals surface area (Å²) in [5.41, 5.74) is 3.43. The lowest BCUT2D eigenvalue weighted by molar-refractivity contribution is -0.127. The van der Waals surface area contributed by atoms with Crippen LogP contribution in [0, 0.1) is 0 Å². The van der Waals surface area contributed by atoms with E-state index in [-0.39, 0.29) is 5.91 Å². The van der Waals surface area contributed by atoms with Crippen LogP contribution in [0.25, 0.3) is 0 Å². The number of benzene rings is 2. The first kappa shape index (κ1) is 19.0. The summed E-state index contributed by atoms with van der Waals surface area (Å²) in [4.78, 5) is 19.6. The number of halogens is 1. The van der Waals surface area contributed by atoms with Gasteiger partial charge in [-0.1, -0.05) is 54.1 Å². The van der Waals surface area contributed by atoms with Crippen LogP contribution in [-0.4, -0.2) is 55.0 Å². The van der Waals surface area contributed by atoms with Crippen LogP contribution in [0.15, 0.2) is 66.2 Å². The van der Waals surface area contributed by atoms with Gasteiger partial charge >= 0.3 is 0 Å². The van der Waals surface area contributed by atoms with Crippen molar-refractivity contribution in [2.75, 3.05) is 44.2 Å². The van der Waals surface area contributed by atoms with Crippen molar-refractivity contribution in [3.63, 3.8) is 0 Å². The molecule has 5 heteroatoms. The molecule has 2 heterocycles. The lowest BCUT2D eigenvalue weighted by Gasteiger charge is -2.37. The van der Waals surface area contributed by atoms with E-state index in [0.29, 0.717) is 0 Å². The summed E-state index contributed by atoms with van der Waals surface area (Å²) < 4.78 is 0. The second-order valence-corrected chi connectivity index (χ2v) is 7.90. The van der Waals surface area contributed by atoms with E-state index in [0.717, 1.165) is 68.5 Å². The zero-order chi connectivity index (χ0) is 19.3. The average Bonchev–Trinajstić information content (AvgIpc) is 2.75. The molecule has 146 valence electrons. The van der Waals surface area contributed by atoms with Crippen molar-refractivity contribution < 1.29 is 4.79 Å². The molecule has 0 spiro atoms. The van der Waals surface area contributed by atoms with E-state index in [4.69, 9.17) is 11.6 Å². The van der Waals surface area contributed by atoms with Gasteiger partial charge in [-0.05, 0) is 30.2 Å². The Morgan fingerprint density at radius 1 is 0.929 bits per heavy atom. The maximum absolute atomic E-state index is 12.9. The Kier molecular flexibility index (Phi) is 5.98. The first-order valence-corrected chi connectivity index (χ1v) is 10.3. The number of amides is 1. The van der Waals surface area contributed by atoms with Gasteiger partial charge in [0.15, 0.2) is 0 Å². The number of hydrogen-bond donors (Lipinski definition) is 0. The second kappa shape index (κ2) is 8.80. The van der Waals surface area contributed by atoms with Crippen molar-refractivity contribution in [2.24, 2.45) is 0 Å². The number of carbonyl (C=O) groups is 1. The molecular weight excluding hydrogens is 370 g/mol. The molecule has 1 amide bonds. The molecule has 0 aromatic heterocycles. The molecule has 0 bridgehead atoms. The van der Waals surface area contributed by atoms with Crippen molar-refractivity contribution in [3.05, 3.63) is 76.8 Å². The van der Waals surface area contributed by atoms with Gasteiger partial charge in [0.1, 0.15) is 0 Å². The van der Waals surface area contributed by atoms with Gasteiger partial charge in [0, 0.05) is 62.1 Å². The third-order valence-corrected chi connectivity index (χ3v) is 5.79. The van der Waals surface area contributed by atoms with Crippen molar-refractivity contribution in [2.45, 2.75) is 13.0 Å². The van der Waals surface area contributed by atoms with E-state index in [9.17, 15) is 4.79 Å². The van der Waals surface area contributed by atoms with Gasteiger partial charge in [-0.15, -0.1) is 0 Å². The van der Waals surface area contributed by atoms with Gasteiger partial charge in [-0.2, -0.15) is 0 Å². The smallest absolute Gasteiger partial charge is 0.249 e. The fraction of sp³-hybridized carbons (Fsp3) is 0.348. The summed E-state index contributed by atoms with van der Waals surface area (Å²) in [6, 6.07) is 18.4. The van der Waals surface area contributed by atoms with Gasteiger partial charge < -0.3 is 9.80 Å². The fourth-order valence-corrected chi connectivity index (χ4v) is 4.12. The molecule has 0 atom stereocenters. The van der Waals surface area contributed by atoms with Crippen LogP contribution in [0.5, 0.6) is 0 Å². The summed E-state index contributed by atoms with van der Waals surface area (Å²) >= 11 is 6.10. The maximum Gasteiger partial charge on any atom is 0.249 e. The molecule has 1 saturated heterocycles. The highest BCUT2D eigenvalue weighted by Crippen LogP contribution is 2.22. The normalized spacial score (nSPS) is 18.1. The first-order valence-electron chi connectivity index (χ1n) is 9.94. The molecule has 0 saturated carbocycles. The molecule has 0 radical (unpaired) electrons. The number of anilines is 1. The number of rotatable bonds is 4. The van der Waals surface area contributed by atoms with Crippen molar-refractivity contribution in [3.8, 4) is 0 Å². The third-order valence-electron chi connectivity index (χ3n) is 5.56. The lowest BCUT2D eigenvalue weighted by Crippen LogP contribution is -2.49. The van der Waals surface area contributed by atoms with Crippen LogP contribution in [0.3, 0.4) is 0 Å². The van der Waals surface area contributed by atoms with Gasteiger partial charge in [-0.3, -0.25) is 9.69 Å². The standard InChI is InChI=1S/C23H26ClN3O/c24-21-7-4-8-22(17-21)26-13-15-27(16-14-26)23(28)20-9-11-25(12-10-20)18-19-5-2-1-3-6-19/h1-9,17H,10-16,18H2. The van der Waals surface area contributed by atoms with E-state index < -0.39 is 0 Å². The van der Waals surface area contributed by atoms with Crippen LogP contribution >= 0.6 is 11.6 Å². The number of nitrogens with zero attached hydrogens (tertiary/aromatic N) is 3. The predicted molar refractivity (Wildman–Crippen MR) is 115 cm³/mol. The largest absolute Gasteiger partial charge is 0.368 e. The van der Waals surface area contributed by atoms with Crippen LogP contribution in [-0.2, 0) is 11.3 Å². The van der Waals surface area contributed by atoms with Crippen LogP contribution < -0.4 is 4.90 Å². The summed E-state index contributed by atoms with van der Waals surface area (Å²) in [6.07, 6.45) is 2.96. The van der Waals surface area contributed by atoms with E-state index in [1.54, 1.807) is 0 Å². The number of carbonyl (C=O) groups excluding carboxylic acids is 1. The van der Waals surface area contributed by atoms with Gasteiger partial charge in [0.2, 0.25) is 5.91 Å². The Bertz CT molecular complexity index is 844. The molecule has 4 nitrogen and oxygen atoms in total. The minimum Gasteiger partial charge on any atom is -0.368 e. The summed E-state index contributed by atoms with van der Waals surface area (Å²) in [6.45, 7) is 5.94. The molecular formula is C23H26ClN3O. The zero-order valence-electron chi connectivity index (χ0n) is 16.1. The van der Waals surface area contributed by atoms with E-state index >= 15 is 0 Å². The molecule has 2 aliphatic heterocycles. The van der Waals surface area contributed by atoms with Gasteiger partial charge in [0.05, 0.1) is 0 Å². The molecule has 1 fully saturated rings. The first-order chi connectivity index (χ1) is 13.7. The highest BCUT2D eigenvalue weighted by atomic mass is 35.5. The Labute approximate surface area is 172 Å². The maximum atomic E-state index is 12.9. The Hall–Kier alpha value is -2.30.